The second-order valence-electron chi connectivity index (χ2n) is 8.00. The summed E-state index contributed by atoms with van der Waals surface area (Å²) in [6.07, 6.45) is 8.59. The van der Waals surface area contributed by atoms with Crippen LogP contribution in [0.1, 0.15) is 44.2 Å². The summed E-state index contributed by atoms with van der Waals surface area (Å²) in [7, 11) is -3.71. The lowest BCUT2D eigenvalue weighted by Gasteiger charge is -2.17. The van der Waals surface area contributed by atoms with Gasteiger partial charge >= 0.3 is 5.97 Å². The van der Waals surface area contributed by atoms with Crippen LogP contribution in [0.5, 0.6) is 0 Å². The third kappa shape index (κ3) is 11.5. The molecular weight excluding hydrogens is 474 g/mol. The molecule has 2 rings (SSSR count). The molecule has 1 unspecified atom stereocenters. The normalized spacial score (nSPS) is 12.1. The highest BCUT2D eigenvalue weighted by atomic mass is 32.2. The highest BCUT2D eigenvalue weighted by Gasteiger charge is 2.11. The number of benzene rings is 1. The first-order valence-corrected chi connectivity index (χ1v) is 13.2. The van der Waals surface area contributed by atoms with Gasteiger partial charge < -0.3 is 21.1 Å². The number of hydrogen-bond donors (Lipinski definition) is 5. The van der Waals surface area contributed by atoms with E-state index in [0.29, 0.717) is 17.2 Å². The number of aromatic nitrogens is 1. The number of thiocarbonyl (C=S) groups is 1. The molecule has 2 aromatic rings. The highest BCUT2D eigenvalue weighted by molar-refractivity contribution is 7.89. The number of rotatable bonds is 15. The van der Waals surface area contributed by atoms with Gasteiger partial charge in [0, 0.05) is 36.6 Å². The highest BCUT2D eigenvalue weighted by Crippen LogP contribution is 2.13. The minimum absolute atomic E-state index is 0.0482. The van der Waals surface area contributed by atoms with Gasteiger partial charge in [0.25, 0.3) is 0 Å². The zero-order valence-electron chi connectivity index (χ0n) is 19.1. The van der Waals surface area contributed by atoms with Crippen molar-refractivity contribution in [1.82, 2.24) is 15.6 Å². The minimum Gasteiger partial charge on any atom is -0.480 e. The van der Waals surface area contributed by atoms with E-state index < -0.39 is 16.0 Å². The summed E-state index contributed by atoms with van der Waals surface area (Å²) < 4.78 is 22.6. The molecule has 6 N–H and O–H groups in total. The number of nitrogens with one attached hydrogen (secondary N) is 3. The van der Waals surface area contributed by atoms with E-state index in [9.17, 15) is 13.2 Å². The molecule has 186 valence electrons. The molecule has 0 aliphatic rings. The number of sulfonamides is 1. The number of hydrogen-bond acceptors (Lipinski definition) is 6. The van der Waals surface area contributed by atoms with Crippen LogP contribution < -0.4 is 21.1 Å². The van der Waals surface area contributed by atoms with Gasteiger partial charge in [-0.05, 0) is 61.5 Å². The van der Waals surface area contributed by atoms with Crippen molar-refractivity contribution < 1.29 is 18.3 Å². The van der Waals surface area contributed by atoms with E-state index in [2.05, 4.69) is 20.9 Å². The molecule has 0 spiro atoms. The van der Waals surface area contributed by atoms with E-state index in [-0.39, 0.29) is 17.5 Å². The van der Waals surface area contributed by atoms with Crippen LogP contribution in [-0.2, 0) is 21.2 Å². The molecule has 0 amide bonds. The van der Waals surface area contributed by atoms with E-state index in [1.165, 1.54) is 12.1 Å². The van der Waals surface area contributed by atoms with Crippen molar-refractivity contribution in [3.8, 4) is 0 Å². The van der Waals surface area contributed by atoms with Crippen molar-refractivity contribution in [3.63, 3.8) is 0 Å². The maximum atomic E-state index is 11.3. The van der Waals surface area contributed by atoms with Crippen LogP contribution in [0.3, 0.4) is 0 Å². The Morgan fingerprint density at radius 2 is 1.76 bits per heavy atom. The summed E-state index contributed by atoms with van der Waals surface area (Å²) in [6, 6.07) is 11.9. The molecule has 9 nitrogen and oxygen atoms in total. The third-order valence-electron chi connectivity index (χ3n) is 5.18. The lowest BCUT2D eigenvalue weighted by molar-refractivity contribution is -0.136. The van der Waals surface area contributed by atoms with Crippen LogP contribution in [0.4, 0.5) is 5.69 Å². The predicted molar refractivity (Wildman–Crippen MR) is 137 cm³/mol. The molecule has 1 atom stereocenters. The second kappa shape index (κ2) is 14.6. The Bertz CT molecular complexity index is 1000. The molecule has 1 aromatic carbocycles. The van der Waals surface area contributed by atoms with Gasteiger partial charge in [-0.15, -0.1) is 0 Å². The fraction of sp³-hybridized carbons (Fsp3) is 0.435. The monoisotopic (exact) mass is 507 g/mol. The summed E-state index contributed by atoms with van der Waals surface area (Å²) in [5.41, 5.74) is 1.64. The molecule has 0 radical (unpaired) electrons. The quantitative estimate of drug-likeness (QED) is 0.181. The predicted octanol–water partition coefficient (Wildman–Crippen LogP) is 2.64. The van der Waals surface area contributed by atoms with Gasteiger partial charge in [0.15, 0.2) is 5.11 Å². The molecule has 1 aromatic heterocycles. The minimum atomic E-state index is -3.71. The molecule has 0 fully saturated rings. The molecule has 0 bridgehead atoms. The van der Waals surface area contributed by atoms with Crippen LogP contribution in [0.15, 0.2) is 53.6 Å². The summed E-state index contributed by atoms with van der Waals surface area (Å²) in [5.74, 6) is -0.855. The Hall–Kier alpha value is -2.60. The second-order valence-corrected chi connectivity index (χ2v) is 9.97. The number of anilines is 1. The van der Waals surface area contributed by atoms with Gasteiger partial charge in [0.05, 0.1) is 11.4 Å². The van der Waals surface area contributed by atoms with E-state index in [1.54, 1.807) is 18.3 Å². The number of nitrogens with two attached hydrogens (primary N) is 1. The van der Waals surface area contributed by atoms with Crippen LogP contribution in [0.2, 0.25) is 0 Å². The number of unbranched alkanes of at least 4 members (excludes halogenated alkanes) is 4. The molecule has 0 saturated heterocycles. The van der Waals surface area contributed by atoms with Crippen LogP contribution in [0.25, 0.3) is 0 Å². The Kier molecular flexibility index (Phi) is 11.9. The number of carboxylic acids is 1. The molecule has 0 aliphatic carbocycles. The standard InChI is InChI=1S/C23H33N5O4S2/c24-34(31,32)21-12-10-18(11-13-21)28-23(33)26-15-6-3-1-2-4-8-20(27-17-22(29)30)16-19-9-5-7-14-25-19/h5,7,9-14,20,27H,1-4,6,8,15-17H2,(H,29,30)(H2,24,31,32)(H2,26,28,33). The lowest BCUT2D eigenvalue weighted by Crippen LogP contribution is -2.35. The first-order valence-electron chi connectivity index (χ1n) is 11.3. The SMILES string of the molecule is NS(=O)(=O)c1ccc(NC(=S)NCCCCCCCC(Cc2ccccn2)NCC(=O)O)cc1. The molecule has 0 aliphatic heterocycles. The topological polar surface area (TPSA) is 146 Å². The molecule has 1 heterocycles. The van der Waals surface area contributed by atoms with Gasteiger partial charge in [-0.2, -0.15) is 0 Å². The van der Waals surface area contributed by atoms with Crippen molar-refractivity contribution >= 4 is 39.0 Å². The summed E-state index contributed by atoms with van der Waals surface area (Å²) >= 11 is 5.27. The number of nitrogens with zero attached hydrogens (tertiary/aromatic N) is 1. The van der Waals surface area contributed by atoms with Gasteiger partial charge in [0.2, 0.25) is 10.0 Å². The Balaban J connectivity index is 1.58. The fourth-order valence-electron chi connectivity index (χ4n) is 3.43. The van der Waals surface area contributed by atoms with Crippen molar-refractivity contribution in [2.24, 2.45) is 5.14 Å². The summed E-state index contributed by atoms with van der Waals surface area (Å²) in [6.45, 7) is 0.691. The van der Waals surface area contributed by atoms with Gasteiger partial charge in [-0.3, -0.25) is 9.78 Å². The largest absolute Gasteiger partial charge is 0.480 e. The Labute approximate surface area is 206 Å². The average Bonchev–Trinajstić information content (AvgIpc) is 2.79. The number of aliphatic carboxylic acids is 1. The summed E-state index contributed by atoms with van der Waals surface area (Å²) in [4.78, 5) is 15.3. The first kappa shape index (κ1) is 27.6. The van der Waals surface area contributed by atoms with Gasteiger partial charge in [-0.25, -0.2) is 13.6 Å². The van der Waals surface area contributed by atoms with E-state index in [0.717, 1.165) is 50.8 Å². The average molecular weight is 508 g/mol. The van der Waals surface area contributed by atoms with Crippen molar-refractivity contribution in [2.75, 3.05) is 18.4 Å². The molecule has 34 heavy (non-hydrogen) atoms. The van der Waals surface area contributed by atoms with Crippen LogP contribution in [-0.4, -0.2) is 48.7 Å². The maximum Gasteiger partial charge on any atom is 0.317 e. The lowest BCUT2D eigenvalue weighted by atomic mass is 10.0. The third-order valence-corrected chi connectivity index (χ3v) is 6.35. The van der Waals surface area contributed by atoms with Crippen molar-refractivity contribution in [1.29, 1.82) is 0 Å². The number of carboxylic acid groups (broad SMARTS) is 1. The maximum absolute atomic E-state index is 11.3. The van der Waals surface area contributed by atoms with E-state index in [4.69, 9.17) is 22.5 Å². The van der Waals surface area contributed by atoms with Crippen LogP contribution in [0, 0.1) is 0 Å². The van der Waals surface area contributed by atoms with Crippen molar-refractivity contribution in [2.45, 2.75) is 55.9 Å². The van der Waals surface area contributed by atoms with Gasteiger partial charge in [-0.1, -0.05) is 31.7 Å². The Morgan fingerprint density at radius 3 is 2.41 bits per heavy atom. The molecule has 0 saturated carbocycles. The van der Waals surface area contributed by atoms with Crippen LogP contribution >= 0.6 is 12.2 Å². The zero-order chi connectivity index (χ0) is 24.8. The number of carbonyl (C=O) groups is 1. The number of primary sulfonamides is 1. The summed E-state index contributed by atoms with van der Waals surface area (Å²) in [5, 5.41) is 23.8. The van der Waals surface area contributed by atoms with Crippen molar-refractivity contribution in [3.05, 3.63) is 54.4 Å². The first-order chi connectivity index (χ1) is 16.2. The van der Waals surface area contributed by atoms with Gasteiger partial charge in [0.1, 0.15) is 0 Å². The Morgan fingerprint density at radius 1 is 1.06 bits per heavy atom. The fourth-order valence-corrected chi connectivity index (χ4v) is 4.17. The smallest absolute Gasteiger partial charge is 0.317 e. The van der Waals surface area contributed by atoms with E-state index in [1.807, 2.05) is 18.2 Å². The van der Waals surface area contributed by atoms with E-state index >= 15 is 0 Å². The molecule has 11 heteroatoms. The molecular formula is C23H33N5O4S2. The number of pyridine rings is 1. The zero-order valence-corrected chi connectivity index (χ0v) is 20.7.